The van der Waals surface area contributed by atoms with E-state index in [9.17, 15) is 0 Å². The van der Waals surface area contributed by atoms with Gasteiger partial charge in [0.05, 0.1) is 0 Å². The summed E-state index contributed by atoms with van der Waals surface area (Å²) in [6.45, 7) is 2.14. The lowest BCUT2D eigenvalue weighted by atomic mass is 10.1. The summed E-state index contributed by atoms with van der Waals surface area (Å²) in [5, 5.41) is 3.55. The highest BCUT2D eigenvalue weighted by Gasteiger charge is 2.21. The number of aromatic nitrogens is 2. The van der Waals surface area contributed by atoms with Gasteiger partial charge in [-0.15, -0.1) is 0 Å². The van der Waals surface area contributed by atoms with Crippen LogP contribution in [-0.2, 0) is 19.3 Å². The maximum absolute atomic E-state index is 4.60. The van der Waals surface area contributed by atoms with Gasteiger partial charge in [-0.2, -0.15) is 0 Å². The molecule has 0 unspecified atom stereocenters. The molecule has 1 aromatic carbocycles. The molecule has 2 aromatic rings. The zero-order chi connectivity index (χ0) is 13.9. The van der Waals surface area contributed by atoms with E-state index in [1.807, 2.05) is 6.07 Å². The van der Waals surface area contributed by atoms with Gasteiger partial charge < -0.3 is 5.32 Å². The maximum Gasteiger partial charge on any atom is 0.132 e. The predicted octanol–water partition coefficient (Wildman–Crippen LogP) is 3.77. The third-order valence-corrected chi connectivity index (χ3v) is 4.02. The largest absolute Gasteiger partial charge is 0.367 e. The third-order valence-electron chi connectivity index (χ3n) is 3.62. The van der Waals surface area contributed by atoms with E-state index >= 15 is 0 Å². The molecule has 1 aromatic heterocycles. The van der Waals surface area contributed by atoms with Crippen molar-refractivity contribution in [1.82, 2.24) is 9.97 Å². The number of anilines is 1. The van der Waals surface area contributed by atoms with Gasteiger partial charge >= 0.3 is 0 Å². The molecule has 0 amide bonds. The Labute approximate surface area is 128 Å². The van der Waals surface area contributed by atoms with E-state index in [0.29, 0.717) is 6.04 Å². The second kappa shape index (κ2) is 5.92. The van der Waals surface area contributed by atoms with E-state index in [4.69, 9.17) is 0 Å². The highest BCUT2D eigenvalue weighted by molar-refractivity contribution is 9.10. The van der Waals surface area contributed by atoms with E-state index in [-0.39, 0.29) is 0 Å². The molecule has 3 rings (SSSR count). The van der Waals surface area contributed by atoms with E-state index in [1.165, 1.54) is 11.1 Å². The standard InChI is InChI=1S/C16H18BrN3/c1-2-5-15-19-14(17)10-16(20-15)18-13-8-11-6-3-4-7-12(11)9-13/h3-4,6-7,10,13H,2,5,8-9H2,1H3,(H,18,19,20). The number of nitrogens with zero attached hydrogens (tertiary/aromatic N) is 2. The normalized spacial score (nSPS) is 14.3. The van der Waals surface area contributed by atoms with Gasteiger partial charge in [0, 0.05) is 18.5 Å². The average molecular weight is 332 g/mol. The molecule has 0 bridgehead atoms. The zero-order valence-corrected chi connectivity index (χ0v) is 13.2. The number of benzene rings is 1. The molecule has 1 N–H and O–H groups in total. The number of hydrogen-bond donors (Lipinski definition) is 1. The summed E-state index contributed by atoms with van der Waals surface area (Å²) in [5.74, 6) is 1.83. The first-order chi connectivity index (χ1) is 9.74. The van der Waals surface area contributed by atoms with Gasteiger partial charge in [0.1, 0.15) is 16.2 Å². The van der Waals surface area contributed by atoms with Crippen LogP contribution in [0.4, 0.5) is 5.82 Å². The lowest BCUT2D eigenvalue weighted by Crippen LogP contribution is -2.20. The molecule has 1 aliphatic carbocycles. The fourth-order valence-electron chi connectivity index (χ4n) is 2.74. The molecule has 4 heteroatoms. The first-order valence-electron chi connectivity index (χ1n) is 7.11. The minimum absolute atomic E-state index is 0.434. The molecular formula is C16H18BrN3. The SMILES string of the molecule is CCCc1nc(Br)cc(NC2Cc3ccccc3C2)n1. The van der Waals surface area contributed by atoms with Crippen LogP contribution in [0, 0.1) is 0 Å². The van der Waals surface area contributed by atoms with Crippen LogP contribution < -0.4 is 5.32 Å². The Balaban J connectivity index is 1.73. The van der Waals surface area contributed by atoms with Crippen molar-refractivity contribution < 1.29 is 0 Å². The van der Waals surface area contributed by atoms with Gasteiger partial charge in [0.15, 0.2) is 0 Å². The summed E-state index contributed by atoms with van der Waals surface area (Å²) >= 11 is 3.47. The maximum atomic E-state index is 4.60. The molecule has 0 radical (unpaired) electrons. The van der Waals surface area contributed by atoms with Crippen LogP contribution >= 0.6 is 15.9 Å². The molecule has 0 aliphatic heterocycles. The average Bonchev–Trinajstić information content (AvgIpc) is 2.80. The molecule has 3 nitrogen and oxygen atoms in total. The first-order valence-corrected chi connectivity index (χ1v) is 7.90. The number of nitrogens with one attached hydrogen (secondary N) is 1. The molecular weight excluding hydrogens is 314 g/mol. The van der Waals surface area contributed by atoms with Crippen molar-refractivity contribution >= 4 is 21.7 Å². The third kappa shape index (κ3) is 3.01. The summed E-state index contributed by atoms with van der Waals surface area (Å²) in [6, 6.07) is 11.1. The fraction of sp³-hybridized carbons (Fsp3) is 0.375. The van der Waals surface area contributed by atoms with Gasteiger partial charge in [-0.25, -0.2) is 9.97 Å². The molecule has 0 atom stereocenters. The second-order valence-electron chi connectivity index (χ2n) is 5.26. The van der Waals surface area contributed by atoms with Crippen molar-refractivity contribution in [2.75, 3.05) is 5.32 Å². The van der Waals surface area contributed by atoms with Crippen molar-refractivity contribution in [2.24, 2.45) is 0 Å². The van der Waals surface area contributed by atoms with Gasteiger partial charge in [-0.3, -0.25) is 0 Å². The lowest BCUT2D eigenvalue weighted by Gasteiger charge is -2.13. The molecule has 0 saturated heterocycles. The minimum Gasteiger partial charge on any atom is -0.367 e. The Morgan fingerprint density at radius 2 is 1.90 bits per heavy atom. The summed E-state index contributed by atoms with van der Waals surface area (Å²) in [7, 11) is 0. The van der Waals surface area contributed by atoms with E-state index in [1.54, 1.807) is 0 Å². The molecule has 104 valence electrons. The lowest BCUT2D eigenvalue weighted by molar-refractivity contribution is 0.759. The van der Waals surface area contributed by atoms with Crippen molar-refractivity contribution in [3.8, 4) is 0 Å². The number of fused-ring (bicyclic) bond motifs is 1. The van der Waals surface area contributed by atoms with Crippen molar-refractivity contribution in [2.45, 2.75) is 38.6 Å². The van der Waals surface area contributed by atoms with E-state index in [0.717, 1.165) is 41.9 Å². The fourth-order valence-corrected chi connectivity index (χ4v) is 3.17. The first kappa shape index (κ1) is 13.6. The highest BCUT2D eigenvalue weighted by Crippen LogP contribution is 2.24. The minimum atomic E-state index is 0.434. The van der Waals surface area contributed by atoms with Crippen molar-refractivity contribution in [1.29, 1.82) is 0 Å². The topological polar surface area (TPSA) is 37.8 Å². The molecule has 0 saturated carbocycles. The Bertz CT molecular complexity index is 587. The number of hydrogen-bond acceptors (Lipinski definition) is 3. The Hall–Kier alpha value is -1.42. The Morgan fingerprint density at radius 3 is 2.55 bits per heavy atom. The smallest absolute Gasteiger partial charge is 0.132 e. The van der Waals surface area contributed by atoms with Gasteiger partial charge in [-0.05, 0) is 46.3 Å². The van der Waals surface area contributed by atoms with Crippen LogP contribution in [-0.4, -0.2) is 16.0 Å². The Kier molecular flexibility index (Phi) is 4.01. The molecule has 0 fully saturated rings. The molecule has 20 heavy (non-hydrogen) atoms. The summed E-state index contributed by atoms with van der Waals surface area (Å²) < 4.78 is 0.856. The van der Waals surface area contributed by atoms with Crippen LogP contribution in [0.5, 0.6) is 0 Å². The molecule has 1 aliphatic rings. The summed E-state index contributed by atoms with van der Waals surface area (Å²) in [4.78, 5) is 9.00. The monoisotopic (exact) mass is 331 g/mol. The van der Waals surface area contributed by atoms with Crippen LogP contribution in [0.1, 0.15) is 30.3 Å². The van der Waals surface area contributed by atoms with E-state index in [2.05, 4.69) is 62.4 Å². The zero-order valence-electron chi connectivity index (χ0n) is 11.6. The van der Waals surface area contributed by atoms with Crippen molar-refractivity contribution in [3.05, 3.63) is 51.9 Å². The number of rotatable bonds is 4. The predicted molar refractivity (Wildman–Crippen MR) is 85.0 cm³/mol. The second-order valence-corrected chi connectivity index (χ2v) is 6.07. The van der Waals surface area contributed by atoms with Crippen LogP contribution in [0.3, 0.4) is 0 Å². The van der Waals surface area contributed by atoms with Gasteiger partial charge in [0.2, 0.25) is 0 Å². The number of aryl methyl sites for hydroxylation is 1. The van der Waals surface area contributed by atoms with E-state index < -0.39 is 0 Å². The Morgan fingerprint density at radius 1 is 1.20 bits per heavy atom. The van der Waals surface area contributed by atoms with Crippen LogP contribution in [0.25, 0.3) is 0 Å². The quantitative estimate of drug-likeness (QED) is 0.866. The highest BCUT2D eigenvalue weighted by atomic mass is 79.9. The van der Waals surface area contributed by atoms with Crippen LogP contribution in [0.15, 0.2) is 34.9 Å². The van der Waals surface area contributed by atoms with Crippen molar-refractivity contribution in [3.63, 3.8) is 0 Å². The summed E-state index contributed by atoms with van der Waals surface area (Å²) in [5.41, 5.74) is 2.90. The van der Waals surface area contributed by atoms with Gasteiger partial charge in [0.25, 0.3) is 0 Å². The number of halogens is 1. The summed E-state index contributed by atoms with van der Waals surface area (Å²) in [6.07, 6.45) is 4.12. The van der Waals surface area contributed by atoms with Crippen LogP contribution in [0.2, 0.25) is 0 Å². The van der Waals surface area contributed by atoms with Gasteiger partial charge in [-0.1, -0.05) is 31.2 Å². The molecule has 1 heterocycles. The molecule has 0 spiro atoms.